The van der Waals surface area contributed by atoms with Gasteiger partial charge in [0.25, 0.3) is 0 Å². The summed E-state index contributed by atoms with van der Waals surface area (Å²) in [4.78, 5) is 14.2. The summed E-state index contributed by atoms with van der Waals surface area (Å²) in [6.45, 7) is 6.61. The van der Waals surface area contributed by atoms with Crippen molar-refractivity contribution in [2.45, 2.75) is 45.3 Å². The zero-order valence-electron chi connectivity index (χ0n) is 11.3. The first kappa shape index (κ1) is 13.1. The summed E-state index contributed by atoms with van der Waals surface area (Å²) in [5.74, 6) is -0.0911. The van der Waals surface area contributed by atoms with Crippen LogP contribution < -0.4 is 0 Å². The van der Waals surface area contributed by atoms with Crippen LogP contribution in [0.5, 0.6) is 0 Å². The van der Waals surface area contributed by atoms with Crippen molar-refractivity contribution in [3.8, 4) is 0 Å². The number of hydrogen-bond donors (Lipinski definition) is 0. The molecular weight excluding hydrogens is 226 g/mol. The molecule has 1 aliphatic heterocycles. The Morgan fingerprint density at radius 1 is 1.33 bits per heavy atom. The molecule has 0 radical (unpaired) electrons. The Labute approximate surface area is 109 Å². The SMILES string of the molecule is CCOC(=O)[C@@H]1[C@@H](c2ccccc2)N1C(C)CC. The molecule has 4 atom stereocenters. The number of carbonyl (C=O) groups is 1. The molecule has 0 aliphatic carbocycles. The molecule has 1 aliphatic rings. The maximum absolute atomic E-state index is 12.0. The maximum Gasteiger partial charge on any atom is 0.325 e. The normalized spacial score (nSPS) is 27.6. The van der Waals surface area contributed by atoms with Crippen LogP contribution in [0.2, 0.25) is 0 Å². The van der Waals surface area contributed by atoms with Gasteiger partial charge in [0.1, 0.15) is 6.04 Å². The zero-order chi connectivity index (χ0) is 13.1. The van der Waals surface area contributed by atoms with Crippen molar-refractivity contribution in [3.05, 3.63) is 35.9 Å². The summed E-state index contributed by atoms with van der Waals surface area (Å²) in [6, 6.07) is 10.7. The minimum Gasteiger partial charge on any atom is -0.465 e. The van der Waals surface area contributed by atoms with E-state index in [-0.39, 0.29) is 18.1 Å². The van der Waals surface area contributed by atoms with Gasteiger partial charge in [-0.2, -0.15) is 0 Å². The Hall–Kier alpha value is -1.35. The van der Waals surface area contributed by atoms with Gasteiger partial charge in [0.2, 0.25) is 0 Å². The monoisotopic (exact) mass is 247 g/mol. The third-order valence-corrected chi connectivity index (χ3v) is 3.62. The maximum atomic E-state index is 12.0. The smallest absolute Gasteiger partial charge is 0.325 e. The number of esters is 1. The summed E-state index contributed by atoms with van der Waals surface area (Å²) < 4.78 is 5.16. The van der Waals surface area contributed by atoms with E-state index in [9.17, 15) is 4.79 Å². The molecule has 2 unspecified atom stereocenters. The second-order valence-electron chi connectivity index (χ2n) is 4.76. The molecular formula is C15H21NO2. The molecule has 2 rings (SSSR count). The van der Waals surface area contributed by atoms with Crippen LogP contribution in [0.4, 0.5) is 0 Å². The second-order valence-corrected chi connectivity index (χ2v) is 4.76. The lowest BCUT2D eigenvalue weighted by atomic mass is 10.1. The first-order chi connectivity index (χ1) is 8.70. The van der Waals surface area contributed by atoms with Crippen LogP contribution in [0.25, 0.3) is 0 Å². The summed E-state index contributed by atoms with van der Waals surface area (Å²) in [5, 5.41) is 0. The van der Waals surface area contributed by atoms with Gasteiger partial charge in [-0.25, -0.2) is 0 Å². The van der Waals surface area contributed by atoms with Crippen molar-refractivity contribution in [1.29, 1.82) is 0 Å². The van der Waals surface area contributed by atoms with Gasteiger partial charge in [0, 0.05) is 6.04 Å². The molecule has 1 aromatic carbocycles. The van der Waals surface area contributed by atoms with Gasteiger partial charge in [0.05, 0.1) is 12.6 Å². The largest absolute Gasteiger partial charge is 0.465 e. The second kappa shape index (κ2) is 5.53. The van der Waals surface area contributed by atoms with E-state index < -0.39 is 0 Å². The molecule has 0 N–H and O–H groups in total. The van der Waals surface area contributed by atoms with E-state index in [2.05, 4.69) is 30.9 Å². The first-order valence-electron chi connectivity index (χ1n) is 6.69. The standard InChI is InChI=1S/C15H21NO2/c1-4-11(3)16-13(12-9-7-6-8-10-12)14(16)15(17)18-5-2/h6-11,13-14H,4-5H2,1-3H3/t11?,13-,14+,16?/m1/s1. The van der Waals surface area contributed by atoms with Crippen LogP contribution in [0.15, 0.2) is 30.3 Å². The van der Waals surface area contributed by atoms with E-state index in [1.54, 1.807) is 0 Å². The van der Waals surface area contributed by atoms with Gasteiger partial charge in [-0.05, 0) is 25.8 Å². The van der Waals surface area contributed by atoms with Crippen LogP contribution in [-0.2, 0) is 9.53 Å². The van der Waals surface area contributed by atoms with Crippen LogP contribution >= 0.6 is 0 Å². The van der Waals surface area contributed by atoms with E-state index in [1.165, 1.54) is 5.56 Å². The van der Waals surface area contributed by atoms with Gasteiger partial charge in [-0.3, -0.25) is 9.69 Å². The fourth-order valence-electron chi connectivity index (χ4n) is 2.49. The number of rotatable bonds is 5. The molecule has 18 heavy (non-hydrogen) atoms. The fraction of sp³-hybridized carbons (Fsp3) is 0.533. The highest BCUT2D eigenvalue weighted by Crippen LogP contribution is 2.46. The predicted molar refractivity (Wildman–Crippen MR) is 71.2 cm³/mol. The molecule has 0 aromatic heterocycles. The molecule has 0 bridgehead atoms. The molecule has 1 aromatic rings. The third-order valence-electron chi connectivity index (χ3n) is 3.62. The Morgan fingerprint density at radius 2 is 2.00 bits per heavy atom. The van der Waals surface area contributed by atoms with Crippen molar-refractivity contribution in [2.24, 2.45) is 0 Å². The summed E-state index contributed by atoms with van der Waals surface area (Å²) in [6.07, 6.45) is 1.04. The van der Waals surface area contributed by atoms with E-state index in [0.29, 0.717) is 12.6 Å². The quantitative estimate of drug-likeness (QED) is 0.592. The van der Waals surface area contributed by atoms with E-state index in [0.717, 1.165) is 6.42 Å². The van der Waals surface area contributed by atoms with Crippen LogP contribution in [0.1, 0.15) is 38.8 Å². The van der Waals surface area contributed by atoms with Crippen molar-refractivity contribution >= 4 is 5.97 Å². The first-order valence-corrected chi connectivity index (χ1v) is 6.69. The number of hydrogen-bond acceptors (Lipinski definition) is 3. The van der Waals surface area contributed by atoms with Crippen molar-refractivity contribution in [1.82, 2.24) is 4.90 Å². The topological polar surface area (TPSA) is 29.3 Å². The lowest BCUT2D eigenvalue weighted by Gasteiger charge is -2.11. The predicted octanol–water partition coefficient (Wildman–Crippen LogP) is 2.77. The Kier molecular flexibility index (Phi) is 4.02. The third kappa shape index (κ3) is 2.41. The minimum atomic E-state index is -0.0951. The van der Waals surface area contributed by atoms with E-state index in [4.69, 9.17) is 4.74 Å². The number of benzene rings is 1. The number of ether oxygens (including phenoxy) is 1. The molecule has 3 nitrogen and oxygen atoms in total. The van der Waals surface area contributed by atoms with Gasteiger partial charge in [0.15, 0.2) is 0 Å². The molecule has 0 amide bonds. The summed E-state index contributed by atoms with van der Waals surface area (Å²) >= 11 is 0. The molecule has 3 heteroatoms. The lowest BCUT2D eigenvalue weighted by molar-refractivity contribution is -0.143. The van der Waals surface area contributed by atoms with Gasteiger partial charge < -0.3 is 4.74 Å². The van der Waals surface area contributed by atoms with Crippen molar-refractivity contribution in [3.63, 3.8) is 0 Å². The average Bonchev–Trinajstić information content (AvgIpc) is 3.14. The number of nitrogens with zero attached hydrogens (tertiary/aromatic N) is 1. The van der Waals surface area contributed by atoms with Gasteiger partial charge in [-0.15, -0.1) is 0 Å². The molecule has 0 saturated carbocycles. The fourth-order valence-corrected chi connectivity index (χ4v) is 2.49. The summed E-state index contributed by atoms with van der Waals surface area (Å²) in [7, 11) is 0. The highest BCUT2D eigenvalue weighted by atomic mass is 16.5. The molecule has 1 heterocycles. The highest BCUT2D eigenvalue weighted by Gasteiger charge is 2.55. The lowest BCUT2D eigenvalue weighted by Crippen LogP contribution is -2.21. The van der Waals surface area contributed by atoms with E-state index in [1.807, 2.05) is 25.1 Å². The van der Waals surface area contributed by atoms with Gasteiger partial charge >= 0.3 is 5.97 Å². The number of carbonyl (C=O) groups excluding carboxylic acids is 1. The minimum absolute atomic E-state index is 0.0911. The van der Waals surface area contributed by atoms with Gasteiger partial charge in [-0.1, -0.05) is 37.3 Å². The Morgan fingerprint density at radius 3 is 2.56 bits per heavy atom. The van der Waals surface area contributed by atoms with Crippen LogP contribution in [-0.4, -0.2) is 29.6 Å². The average molecular weight is 247 g/mol. The van der Waals surface area contributed by atoms with Crippen LogP contribution in [0, 0.1) is 0 Å². The molecule has 1 saturated heterocycles. The van der Waals surface area contributed by atoms with Crippen LogP contribution in [0.3, 0.4) is 0 Å². The van der Waals surface area contributed by atoms with E-state index >= 15 is 0 Å². The molecule has 1 fully saturated rings. The highest BCUT2D eigenvalue weighted by molar-refractivity contribution is 5.81. The molecule has 98 valence electrons. The summed E-state index contributed by atoms with van der Waals surface area (Å²) in [5.41, 5.74) is 1.20. The Balaban J connectivity index is 2.15. The zero-order valence-corrected chi connectivity index (χ0v) is 11.3. The van der Waals surface area contributed by atoms with Crippen molar-refractivity contribution in [2.75, 3.05) is 6.61 Å². The molecule has 0 spiro atoms. The Bertz CT molecular complexity index is 404. The van der Waals surface area contributed by atoms with Crippen molar-refractivity contribution < 1.29 is 9.53 Å².